The first kappa shape index (κ1) is 9.28. The number of hydrogen-bond acceptors (Lipinski definition) is 0. The minimum atomic E-state index is -2.50. The van der Waals surface area contributed by atoms with E-state index in [1.165, 1.54) is 19.5 Å². The first-order valence-corrected chi connectivity index (χ1v) is 11.0. The van der Waals surface area contributed by atoms with Crippen LogP contribution >= 0.6 is 0 Å². The predicted molar refractivity (Wildman–Crippen MR) is 27.8 cm³/mol. The number of rotatable bonds is 0. The van der Waals surface area contributed by atoms with Gasteiger partial charge in [0, 0.05) is 0 Å². The summed E-state index contributed by atoms with van der Waals surface area (Å²) >= 11 is -2.50. The quantitative estimate of drug-likeness (QED) is 0.375. The van der Waals surface area contributed by atoms with Crippen LogP contribution in [-0.4, -0.2) is 35.9 Å². The van der Waals surface area contributed by atoms with E-state index in [1.807, 2.05) is 0 Å². The molecular formula is H6F2GeSi2. The van der Waals surface area contributed by atoms with Gasteiger partial charge in [-0.15, -0.1) is 0 Å². The molecule has 0 N–H and O–H groups in total. The van der Waals surface area contributed by atoms with Crippen LogP contribution in [-0.2, 0) is 0 Å². The zero-order chi connectivity index (χ0) is 4.71. The Balaban J connectivity index is 0. The van der Waals surface area contributed by atoms with Gasteiger partial charge in [0.2, 0.25) is 0 Å². The fraction of sp³-hybridized carbons (Fsp3) is 0. The molecule has 0 heterocycles. The van der Waals surface area contributed by atoms with Crippen molar-refractivity contribution in [1.29, 1.82) is 0 Å². The number of halogens is 2. The molecule has 0 aliphatic carbocycles. The largest absolute Gasteiger partial charge is 0.0125 e. The van der Waals surface area contributed by atoms with Crippen LogP contribution in [0.5, 0.6) is 0 Å². The molecule has 0 amide bonds. The first-order chi connectivity index (χ1) is 2.41. The summed E-state index contributed by atoms with van der Waals surface area (Å²) in [6.07, 6.45) is 0. The molecule has 0 aliphatic rings. The Bertz CT molecular complexity index is 7.61. The maximum absolute atomic E-state index is 9.75. The zero-order valence-corrected chi connectivity index (χ0v) is 9.35. The van der Waals surface area contributed by atoms with E-state index < -0.39 is 16.4 Å². The molecule has 2 radical (unpaired) electrons. The molecule has 0 rings (SSSR count). The molecular weight excluding hydrogens is 167 g/mol. The van der Waals surface area contributed by atoms with Gasteiger partial charge in [0.25, 0.3) is 0 Å². The molecule has 0 atom stereocenters. The van der Waals surface area contributed by atoms with Gasteiger partial charge in [-0.1, -0.05) is 0 Å². The molecule has 0 bridgehead atoms. The van der Waals surface area contributed by atoms with Crippen LogP contribution in [0.15, 0.2) is 0 Å². The van der Waals surface area contributed by atoms with Gasteiger partial charge in [-0.3, -0.25) is 0 Å². The van der Waals surface area contributed by atoms with E-state index in [0.29, 0.717) is 0 Å². The van der Waals surface area contributed by atoms with Crippen molar-refractivity contribution in [3.05, 3.63) is 0 Å². The van der Waals surface area contributed by atoms with Gasteiger partial charge in [-0.05, 0) is 19.5 Å². The third-order valence-electron chi connectivity index (χ3n) is 0. The summed E-state index contributed by atoms with van der Waals surface area (Å²) < 4.78 is 19.5. The molecule has 0 aromatic heterocycles. The van der Waals surface area contributed by atoms with Crippen LogP contribution in [0, 0.1) is 0 Å². The molecule has 0 aromatic carbocycles. The molecule has 0 spiro atoms. The van der Waals surface area contributed by atoms with Crippen molar-refractivity contribution in [3.63, 3.8) is 0 Å². The van der Waals surface area contributed by atoms with E-state index in [-0.39, 0.29) is 0 Å². The van der Waals surface area contributed by atoms with Crippen LogP contribution in [0.25, 0.3) is 0 Å². The molecule has 0 fully saturated rings. The minimum absolute atomic E-state index is 1.44. The van der Waals surface area contributed by atoms with Crippen molar-refractivity contribution in [2.45, 2.75) is 0 Å². The Morgan fingerprint density at radius 1 is 1.20 bits per heavy atom. The maximum atomic E-state index is 9.75. The van der Waals surface area contributed by atoms with Crippen LogP contribution in [0.2, 0.25) is 0 Å². The third kappa shape index (κ3) is 55.6. The Kier molecular flexibility index (Phi) is 39.2. The van der Waals surface area contributed by atoms with Gasteiger partial charge in [-0.2, -0.15) is 0 Å². The van der Waals surface area contributed by atoms with E-state index >= 15 is 0 Å². The number of hydrogen-bond donors (Lipinski definition) is 0. The van der Waals surface area contributed by atoms with E-state index in [1.54, 1.807) is 0 Å². The molecule has 0 aliphatic heterocycles. The summed E-state index contributed by atoms with van der Waals surface area (Å²) in [4.78, 5) is 0. The Labute approximate surface area is 43.4 Å². The standard InChI is InChI=1S/F2Ge.H6Si2/c1-3-2;1-2/h;1-2H3. The molecule has 0 saturated heterocycles. The van der Waals surface area contributed by atoms with Crippen LogP contribution in [0.3, 0.4) is 0 Å². The van der Waals surface area contributed by atoms with Crippen molar-refractivity contribution >= 4 is 35.9 Å². The third-order valence-corrected chi connectivity index (χ3v) is 0. The molecule has 0 nitrogen and oxygen atoms in total. The Morgan fingerprint density at radius 2 is 1.20 bits per heavy atom. The topological polar surface area (TPSA) is 0 Å². The van der Waals surface area contributed by atoms with Crippen molar-refractivity contribution in [3.8, 4) is 0 Å². The van der Waals surface area contributed by atoms with Crippen molar-refractivity contribution in [1.82, 2.24) is 0 Å². The predicted octanol–water partition coefficient (Wildman–Crippen LogP) is -1.91. The average molecular weight is 173 g/mol. The summed E-state index contributed by atoms with van der Waals surface area (Å²) in [7, 11) is 2.89. The van der Waals surface area contributed by atoms with E-state index in [0.717, 1.165) is 0 Å². The molecule has 5 heteroatoms. The normalized spacial score (nSPS) is 6.00. The van der Waals surface area contributed by atoms with Crippen LogP contribution in [0.4, 0.5) is 7.00 Å². The van der Waals surface area contributed by atoms with Crippen molar-refractivity contribution in [2.24, 2.45) is 0 Å². The SMILES string of the molecule is [F][Ge][F].[SiH3][SiH3]. The Morgan fingerprint density at radius 3 is 1.20 bits per heavy atom. The van der Waals surface area contributed by atoms with E-state index in [2.05, 4.69) is 0 Å². The second-order valence-corrected chi connectivity index (χ2v) is 0.371. The second-order valence-electron chi connectivity index (χ2n) is 0.0714. The first-order valence-electron chi connectivity index (χ1n) is 1.38. The monoisotopic (exact) mass is 174 g/mol. The fourth-order valence-corrected chi connectivity index (χ4v) is 0. The summed E-state index contributed by atoms with van der Waals surface area (Å²) in [5.74, 6) is 0. The van der Waals surface area contributed by atoms with Crippen molar-refractivity contribution < 1.29 is 7.00 Å². The van der Waals surface area contributed by atoms with Crippen molar-refractivity contribution in [2.75, 3.05) is 0 Å². The molecule has 0 saturated carbocycles. The molecule has 0 unspecified atom stereocenters. The summed E-state index contributed by atoms with van der Waals surface area (Å²) in [6, 6.07) is 0. The van der Waals surface area contributed by atoms with Gasteiger partial charge < -0.3 is 0 Å². The van der Waals surface area contributed by atoms with Gasteiger partial charge in [0.1, 0.15) is 0 Å². The average Bonchev–Trinajstić information content (AvgIpc) is 1.46. The second kappa shape index (κ2) is 21.1. The fourth-order valence-electron chi connectivity index (χ4n) is 0. The zero-order valence-electron chi connectivity index (χ0n) is 3.26. The smallest absolute Gasteiger partial charge is 0.0125 e. The summed E-state index contributed by atoms with van der Waals surface area (Å²) in [5, 5.41) is 0. The summed E-state index contributed by atoms with van der Waals surface area (Å²) in [5.41, 5.74) is 0. The summed E-state index contributed by atoms with van der Waals surface area (Å²) in [6.45, 7) is 0. The van der Waals surface area contributed by atoms with Gasteiger partial charge in [0.05, 0.1) is 0 Å². The van der Waals surface area contributed by atoms with Crippen LogP contribution in [0.1, 0.15) is 0 Å². The Hall–Kier alpha value is 0.837. The van der Waals surface area contributed by atoms with Gasteiger partial charge in [0.15, 0.2) is 0 Å². The van der Waals surface area contributed by atoms with Gasteiger partial charge >= 0.3 is 23.4 Å². The molecule has 5 heavy (non-hydrogen) atoms. The molecule has 32 valence electrons. The van der Waals surface area contributed by atoms with Crippen LogP contribution < -0.4 is 0 Å². The molecule has 0 aromatic rings. The van der Waals surface area contributed by atoms with E-state index in [9.17, 15) is 7.00 Å². The van der Waals surface area contributed by atoms with Gasteiger partial charge in [-0.25, -0.2) is 0 Å². The minimum Gasteiger partial charge on any atom is -0.0125 e. The van der Waals surface area contributed by atoms with E-state index in [4.69, 9.17) is 0 Å². The maximum Gasteiger partial charge on any atom is -0.0125 e.